The monoisotopic (exact) mass is 177 g/mol. The molecule has 0 amide bonds. The third kappa shape index (κ3) is 1.66. The van der Waals surface area contributed by atoms with Crippen molar-refractivity contribution in [2.24, 2.45) is 0 Å². The molecular formula is C9H2FO3. The predicted octanol–water partition coefficient (Wildman–Crippen LogP) is 0.199. The quantitative estimate of drug-likeness (QED) is 0.662. The SMILES string of the molecule is O=[C]c1cc([C]=O)c(F)c([C]=O)c1. The molecule has 0 spiro atoms. The molecule has 13 heavy (non-hydrogen) atoms. The molecule has 0 aliphatic rings. The fourth-order valence-electron chi connectivity index (χ4n) is 0.832. The van der Waals surface area contributed by atoms with Gasteiger partial charge in [0.05, 0.1) is 11.1 Å². The van der Waals surface area contributed by atoms with E-state index in [1.165, 1.54) is 18.9 Å². The number of hydrogen-bond donors (Lipinski definition) is 0. The van der Waals surface area contributed by atoms with Crippen molar-refractivity contribution in [3.63, 3.8) is 0 Å². The molecule has 63 valence electrons. The number of halogens is 1. The zero-order chi connectivity index (χ0) is 9.84. The third-order valence-electron chi connectivity index (χ3n) is 1.41. The standard InChI is InChI=1S/C9H2FO3/c10-9-7(4-12)1-6(3-11)2-8(9)5-13/h1-2H. The average molecular weight is 177 g/mol. The second-order valence-electron chi connectivity index (χ2n) is 2.19. The van der Waals surface area contributed by atoms with E-state index in [1.807, 2.05) is 0 Å². The van der Waals surface area contributed by atoms with Crippen LogP contribution in [0, 0.1) is 5.82 Å². The average Bonchev–Trinajstić information content (AvgIpc) is 2.18. The van der Waals surface area contributed by atoms with E-state index in [4.69, 9.17) is 0 Å². The van der Waals surface area contributed by atoms with Crippen LogP contribution in [0.25, 0.3) is 0 Å². The highest BCUT2D eigenvalue weighted by Gasteiger charge is 2.10. The van der Waals surface area contributed by atoms with E-state index in [9.17, 15) is 18.8 Å². The van der Waals surface area contributed by atoms with Gasteiger partial charge in [-0.3, -0.25) is 14.4 Å². The summed E-state index contributed by atoms with van der Waals surface area (Å²) in [5.74, 6) is -1.02. The summed E-state index contributed by atoms with van der Waals surface area (Å²) in [5, 5.41) is 0. The van der Waals surface area contributed by atoms with Gasteiger partial charge < -0.3 is 0 Å². The third-order valence-corrected chi connectivity index (χ3v) is 1.41. The molecule has 0 N–H and O–H groups in total. The van der Waals surface area contributed by atoms with E-state index in [0.29, 0.717) is 0 Å². The highest BCUT2D eigenvalue weighted by atomic mass is 19.1. The van der Waals surface area contributed by atoms with Crippen molar-refractivity contribution in [3.8, 4) is 0 Å². The van der Waals surface area contributed by atoms with Gasteiger partial charge in [-0.2, -0.15) is 0 Å². The zero-order valence-electron chi connectivity index (χ0n) is 6.26. The smallest absolute Gasteiger partial charge is 0.236 e. The van der Waals surface area contributed by atoms with Crippen molar-refractivity contribution >= 4 is 18.9 Å². The maximum Gasteiger partial charge on any atom is 0.236 e. The van der Waals surface area contributed by atoms with Gasteiger partial charge >= 0.3 is 0 Å². The Balaban J connectivity index is 3.44. The number of carbonyl (C=O) groups excluding carboxylic acids is 3. The molecule has 4 heteroatoms. The molecular weight excluding hydrogens is 175 g/mol. The van der Waals surface area contributed by atoms with Gasteiger partial charge in [-0.1, -0.05) is 0 Å². The molecule has 0 heterocycles. The Morgan fingerprint density at radius 2 is 1.38 bits per heavy atom. The Hall–Kier alpha value is -1.84. The Morgan fingerprint density at radius 3 is 1.69 bits per heavy atom. The number of benzene rings is 1. The van der Waals surface area contributed by atoms with Crippen LogP contribution in [0.5, 0.6) is 0 Å². The van der Waals surface area contributed by atoms with Gasteiger partial charge in [-0.25, -0.2) is 4.39 Å². The van der Waals surface area contributed by atoms with Crippen LogP contribution in [0.3, 0.4) is 0 Å². The lowest BCUT2D eigenvalue weighted by molar-refractivity contribution is 0.550. The molecule has 3 nitrogen and oxygen atoms in total. The van der Waals surface area contributed by atoms with E-state index in [0.717, 1.165) is 12.1 Å². The molecule has 0 aromatic heterocycles. The topological polar surface area (TPSA) is 51.2 Å². The maximum absolute atomic E-state index is 12.9. The fraction of sp³-hybridized carbons (Fsp3) is 0. The molecule has 1 aromatic rings. The van der Waals surface area contributed by atoms with Crippen LogP contribution in [0.15, 0.2) is 12.1 Å². The van der Waals surface area contributed by atoms with Gasteiger partial charge in [0.1, 0.15) is 5.82 Å². The normalized spacial score (nSPS) is 9.31. The first-order chi connectivity index (χ1) is 6.22. The molecule has 0 fully saturated rings. The van der Waals surface area contributed by atoms with Crippen LogP contribution in [-0.2, 0) is 14.4 Å². The summed E-state index contributed by atoms with van der Waals surface area (Å²) in [6.07, 6.45) is 3.95. The second kappa shape index (κ2) is 3.71. The first kappa shape index (κ1) is 9.25. The molecule has 0 atom stereocenters. The minimum Gasteiger partial charge on any atom is -0.285 e. The van der Waals surface area contributed by atoms with Gasteiger partial charge in [-0.15, -0.1) is 0 Å². The molecule has 0 unspecified atom stereocenters. The van der Waals surface area contributed by atoms with Gasteiger partial charge in [0.15, 0.2) is 0 Å². The second-order valence-corrected chi connectivity index (χ2v) is 2.19. The van der Waals surface area contributed by atoms with Crippen molar-refractivity contribution in [2.75, 3.05) is 0 Å². The summed E-state index contributed by atoms with van der Waals surface area (Å²) in [7, 11) is 0. The number of hydrogen-bond acceptors (Lipinski definition) is 3. The van der Waals surface area contributed by atoms with Gasteiger partial charge in [-0.05, 0) is 12.1 Å². The summed E-state index contributed by atoms with van der Waals surface area (Å²) >= 11 is 0. The van der Waals surface area contributed by atoms with Crippen molar-refractivity contribution in [3.05, 3.63) is 34.6 Å². The predicted molar refractivity (Wildman–Crippen MR) is 40.8 cm³/mol. The van der Waals surface area contributed by atoms with Crippen molar-refractivity contribution in [1.29, 1.82) is 0 Å². The van der Waals surface area contributed by atoms with E-state index in [-0.39, 0.29) is 5.56 Å². The summed E-state index contributed by atoms with van der Waals surface area (Å²) in [5.41, 5.74) is -1.03. The Morgan fingerprint density at radius 1 is 0.923 bits per heavy atom. The van der Waals surface area contributed by atoms with Crippen LogP contribution in [0.1, 0.15) is 16.7 Å². The van der Waals surface area contributed by atoms with E-state index in [2.05, 4.69) is 0 Å². The van der Waals surface area contributed by atoms with Gasteiger partial charge in [0.2, 0.25) is 18.9 Å². The molecule has 1 aromatic carbocycles. The Kier molecular flexibility index (Phi) is 2.64. The first-order valence-corrected chi connectivity index (χ1v) is 3.21. The molecule has 0 bridgehead atoms. The summed E-state index contributed by atoms with van der Waals surface area (Å²) in [6, 6.07) is 1.91. The Labute approximate surface area is 73.2 Å². The van der Waals surface area contributed by atoms with Gasteiger partial charge in [0, 0.05) is 5.56 Å². The zero-order valence-corrected chi connectivity index (χ0v) is 6.26. The van der Waals surface area contributed by atoms with Gasteiger partial charge in [0.25, 0.3) is 0 Å². The highest BCUT2D eigenvalue weighted by Crippen LogP contribution is 2.11. The molecule has 0 aliphatic heterocycles. The van der Waals surface area contributed by atoms with E-state index in [1.54, 1.807) is 0 Å². The largest absolute Gasteiger partial charge is 0.285 e. The van der Waals surface area contributed by atoms with E-state index < -0.39 is 16.9 Å². The lowest BCUT2D eigenvalue weighted by Gasteiger charge is -1.97. The minimum absolute atomic E-state index is 0.0851. The molecule has 0 saturated carbocycles. The van der Waals surface area contributed by atoms with Crippen LogP contribution in [-0.4, -0.2) is 18.9 Å². The summed E-state index contributed by atoms with van der Waals surface area (Å²) in [6.45, 7) is 0. The van der Waals surface area contributed by atoms with Crippen molar-refractivity contribution in [1.82, 2.24) is 0 Å². The van der Waals surface area contributed by atoms with Crippen LogP contribution in [0.4, 0.5) is 4.39 Å². The van der Waals surface area contributed by atoms with Crippen molar-refractivity contribution in [2.45, 2.75) is 0 Å². The van der Waals surface area contributed by atoms with Crippen LogP contribution >= 0.6 is 0 Å². The maximum atomic E-state index is 12.9. The van der Waals surface area contributed by atoms with Crippen LogP contribution in [0.2, 0.25) is 0 Å². The molecule has 0 saturated heterocycles. The summed E-state index contributed by atoms with van der Waals surface area (Å²) in [4.78, 5) is 30.4. The molecule has 3 radical (unpaired) electrons. The lowest BCUT2D eigenvalue weighted by atomic mass is 10.1. The highest BCUT2D eigenvalue weighted by molar-refractivity contribution is 5.88. The van der Waals surface area contributed by atoms with Crippen molar-refractivity contribution < 1.29 is 18.8 Å². The fourth-order valence-corrected chi connectivity index (χ4v) is 0.832. The van der Waals surface area contributed by atoms with E-state index >= 15 is 0 Å². The minimum atomic E-state index is -1.02. The molecule has 1 rings (SSSR count). The number of rotatable bonds is 3. The lowest BCUT2D eigenvalue weighted by Crippen LogP contribution is -1.98. The first-order valence-electron chi connectivity index (χ1n) is 3.21. The Bertz CT molecular complexity index is 342. The summed E-state index contributed by atoms with van der Waals surface area (Å²) < 4.78 is 12.9. The molecule has 0 aliphatic carbocycles. The van der Waals surface area contributed by atoms with Crippen LogP contribution < -0.4 is 0 Å².